The highest BCUT2D eigenvalue weighted by Gasteiger charge is 2.32. The van der Waals surface area contributed by atoms with Gasteiger partial charge < -0.3 is 9.64 Å². The second-order valence-electron chi connectivity index (χ2n) is 4.02. The first-order valence-electron chi connectivity index (χ1n) is 5.34. The molecule has 1 fully saturated rings. The molecule has 0 bridgehead atoms. The van der Waals surface area contributed by atoms with Crippen molar-refractivity contribution in [3.63, 3.8) is 0 Å². The molecular weight excluding hydrogens is 305 g/mol. The summed E-state index contributed by atoms with van der Waals surface area (Å²) in [6.45, 7) is 2.61. The van der Waals surface area contributed by atoms with Crippen LogP contribution in [0.3, 0.4) is 0 Å². The van der Waals surface area contributed by atoms with E-state index in [0.29, 0.717) is 17.3 Å². The van der Waals surface area contributed by atoms with Crippen molar-refractivity contribution in [2.24, 2.45) is 0 Å². The van der Waals surface area contributed by atoms with Crippen LogP contribution in [-0.4, -0.2) is 24.4 Å². The van der Waals surface area contributed by atoms with Gasteiger partial charge >= 0.3 is 0 Å². The lowest BCUT2D eigenvalue weighted by Gasteiger charge is -2.20. The molecule has 92 valence electrons. The monoisotopic (exact) mass is 317 g/mol. The second kappa shape index (κ2) is 4.86. The Morgan fingerprint density at radius 3 is 2.76 bits per heavy atom. The molecule has 0 radical (unpaired) electrons. The fraction of sp³-hybridized carbons (Fsp3) is 0.417. The SMILES string of the molecule is COc1cc(Cl)c(C)cc1N1CCC(Br)C1=O. The van der Waals surface area contributed by atoms with E-state index in [4.69, 9.17) is 16.3 Å². The van der Waals surface area contributed by atoms with Gasteiger partial charge in [0.1, 0.15) is 5.75 Å². The van der Waals surface area contributed by atoms with Gasteiger partial charge in [0.15, 0.2) is 0 Å². The molecule has 3 nitrogen and oxygen atoms in total. The number of rotatable bonds is 2. The lowest BCUT2D eigenvalue weighted by atomic mass is 10.2. The van der Waals surface area contributed by atoms with E-state index in [1.165, 1.54) is 0 Å². The van der Waals surface area contributed by atoms with Crippen LogP contribution >= 0.6 is 27.5 Å². The first-order valence-corrected chi connectivity index (χ1v) is 6.63. The van der Waals surface area contributed by atoms with E-state index in [1.54, 1.807) is 18.1 Å². The van der Waals surface area contributed by atoms with E-state index in [0.717, 1.165) is 17.7 Å². The minimum Gasteiger partial charge on any atom is -0.495 e. The average Bonchev–Trinajstić information content (AvgIpc) is 2.63. The van der Waals surface area contributed by atoms with E-state index in [1.807, 2.05) is 13.0 Å². The molecule has 0 saturated carbocycles. The van der Waals surface area contributed by atoms with Crippen LogP contribution in [0.15, 0.2) is 12.1 Å². The van der Waals surface area contributed by atoms with Gasteiger partial charge in [-0.1, -0.05) is 27.5 Å². The van der Waals surface area contributed by atoms with Crippen LogP contribution in [0, 0.1) is 6.92 Å². The molecule has 1 amide bonds. The van der Waals surface area contributed by atoms with Gasteiger partial charge in [0, 0.05) is 17.6 Å². The molecule has 1 aromatic carbocycles. The predicted octanol–water partition coefficient (Wildman–Crippen LogP) is 3.16. The highest BCUT2D eigenvalue weighted by Crippen LogP contribution is 2.36. The summed E-state index contributed by atoms with van der Waals surface area (Å²) in [5.74, 6) is 0.709. The Morgan fingerprint density at radius 1 is 1.53 bits per heavy atom. The van der Waals surface area contributed by atoms with Crippen molar-refractivity contribution in [3.8, 4) is 5.75 Å². The van der Waals surface area contributed by atoms with E-state index in [-0.39, 0.29) is 10.7 Å². The van der Waals surface area contributed by atoms with E-state index >= 15 is 0 Å². The number of methoxy groups -OCH3 is 1. The van der Waals surface area contributed by atoms with Crippen molar-refractivity contribution in [1.29, 1.82) is 0 Å². The lowest BCUT2D eigenvalue weighted by molar-refractivity contribution is -0.116. The first kappa shape index (κ1) is 12.7. The number of carbonyl (C=O) groups is 1. The number of anilines is 1. The number of benzene rings is 1. The molecule has 1 heterocycles. The first-order chi connectivity index (χ1) is 8.04. The van der Waals surface area contributed by atoms with Crippen LogP contribution in [-0.2, 0) is 4.79 Å². The fourth-order valence-corrected chi connectivity index (χ4v) is 2.51. The molecule has 1 aromatic rings. The molecule has 0 aromatic heterocycles. The Hall–Kier alpha value is -0.740. The molecular formula is C12H13BrClNO2. The van der Waals surface area contributed by atoms with Crippen molar-refractivity contribution < 1.29 is 9.53 Å². The quantitative estimate of drug-likeness (QED) is 0.784. The number of amides is 1. The summed E-state index contributed by atoms with van der Waals surface area (Å²) >= 11 is 9.41. The molecule has 1 aliphatic rings. The van der Waals surface area contributed by atoms with Crippen LogP contribution in [0.4, 0.5) is 5.69 Å². The zero-order chi connectivity index (χ0) is 12.6. The zero-order valence-electron chi connectivity index (χ0n) is 9.67. The van der Waals surface area contributed by atoms with Crippen LogP contribution in [0.1, 0.15) is 12.0 Å². The summed E-state index contributed by atoms with van der Waals surface area (Å²) in [6.07, 6.45) is 0.809. The number of alkyl halides is 1. The summed E-state index contributed by atoms with van der Waals surface area (Å²) in [5, 5.41) is 0.646. The van der Waals surface area contributed by atoms with E-state index in [9.17, 15) is 4.79 Å². The standard InChI is InChI=1S/C12H13BrClNO2/c1-7-5-10(11(17-2)6-9(7)14)15-4-3-8(13)12(15)16/h5-6,8H,3-4H2,1-2H3. The third kappa shape index (κ3) is 2.29. The Bertz CT molecular complexity index is 464. The number of aryl methyl sites for hydroxylation is 1. The maximum atomic E-state index is 12.0. The lowest BCUT2D eigenvalue weighted by Crippen LogP contribution is -2.27. The summed E-state index contributed by atoms with van der Waals surface area (Å²) in [7, 11) is 1.58. The van der Waals surface area contributed by atoms with Crippen LogP contribution in [0.5, 0.6) is 5.75 Å². The van der Waals surface area contributed by atoms with Gasteiger partial charge in [-0.05, 0) is 25.0 Å². The van der Waals surface area contributed by atoms with Crippen molar-refractivity contribution in [3.05, 3.63) is 22.7 Å². The number of ether oxygens (including phenoxy) is 1. The van der Waals surface area contributed by atoms with Crippen LogP contribution < -0.4 is 9.64 Å². The number of carbonyl (C=O) groups excluding carboxylic acids is 1. The summed E-state index contributed by atoms with van der Waals surface area (Å²) in [6, 6.07) is 3.64. The molecule has 0 spiro atoms. The molecule has 1 aliphatic heterocycles. The molecule has 0 aliphatic carbocycles. The summed E-state index contributed by atoms with van der Waals surface area (Å²) in [5.41, 5.74) is 1.73. The van der Waals surface area contributed by atoms with Crippen molar-refractivity contribution in [2.75, 3.05) is 18.6 Å². The maximum Gasteiger partial charge on any atom is 0.240 e. The van der Waals surface area contributed by atoms with E-state index < -0.39 is 0 Å². The van der Waals surface area contributed by atoms with Gasteiger partial charge in [-0.3, -0.25) is 4.79 Å². The minimum absolute atomic E-state index is 0.0741. The van der Waals surface area contributed by atoms with Gasteiger partial charge in [0.2, 0.25) is 5.91 Å². The Morgan fingerprint density at radius 2 is 2.24 bits per heavy atom. The molecule has 5 heteroatoms. The topological polar surface area (TPSA) is 29.5 Å². The Kier molecular flexibility index (Phi) is 3.64. The number of nitrogens with zero attached hydrogens (tertiary/aromatic N) is 1. The minimum atomic E-state index is -0.0943. The van der Waals surface area contributed by atoms with Crippen LogP contribution in [0.25, 0.3) is 0 Å². The Labute approximate surface area is 114 Å². The maximum absolute atomic E-state index is 12.0. The molecule has 1 saturated heterocycles. The summed E-state index contributed by atoms with van der Waals surface area (Å²) in [4.78, 5) is 13.6. The zero-order valence-corrected chi connectivity index (χ0v) is 12.0. The molecule has 17 heavy (non-hydrogen) atoms. The Balaban J connectivity index is 2.44. The fourth-order valence-electron chi connectivity index (χ4n) is 1.91. The molecule has 2 rings (SSSR count). The van der Waals surface area contributed by atoms with Gasteiger partial charge in [0.05, 0.1) is 17.6 Å². The van der Waals surface area contributed by atoms with Crippen LogP contribution in [0.2, 0.25) is 5.02 Å². The van der Waals surface area contributed by atoms with Crippen molar-refractivity contribution in [1.82, 2.24) is 0 Å². The van der Waals surface area contributed by atoms with Gasteiger partial charge in [0.25, 0.3) is 0 Å². The normalized spacial score (nSPS) is 19.9. The highest BCUT2D eigenvalue weighted by atomic mass is 79.9. The van der Waals surface area contributed by atoms with Crippen molar-refractivity contribution in [2.45, 2.75) is 18.2 Å². The van der Waals surface area contributed by atoms with E-state index in [2.05, 4.69) is 15.9 Å². The number of halogens is 2. The molecule has 0 N–H and O–H groups in total. The molecule has 1 atom stereocenters. The smallest absolute Gasteiger partial charge is 0.240 e. The third-order valence-corrected chi connectivity index (χ3v) is 4.15. The average molecular weight is 319 g/mol. The largest absolute Gasteiger partial charge is 0.495 e. The van der Waals surface area contributed by atoms with Gasteiger partial charge in [-0.2, -0.15) is 0 Å². The number of hydrogen-bond donors (Lipinski definition) is 0. The third-order valence-electron chi connectivity index (χ3n) is 2.89. The predicted molar refractivity (Wildman–Crippen MR) is 72.4 cm³/mol. The van der Waals surface area contributed by atoms with Crippen molar-refractivity contribution >= 4 is 39.1 Å². The highest BCUT2D eigenvalue weighted by molar-refractivity contribution is 9.10. The van der Waals surface area contributed by atoms with Gasteiger partial charge in [-0.25, -0.2) is 0 Å². The molecule has 1 unspecified atom stereocenters. The van der Waals surface area contributed by atoms with Gasteiger partial charge in [-0.15, -0.1) is 0 Å². The second-order valence-corrected chi connectivity index (χ2v) is 5.53. The summed E-state index contributed by atoms with van der Waals surface area (Å²) < 4.78 is 5.28. The number of hydrogen-bond acceptors (Lipinski definition) is 2.